The van der Waals surface area contributed by atoms with E-state index in [-0.39, 0.29) is 35.9 Å². The molecule has 0 unspecified atom stereocenters. The summed E-state index contributed by atoms with van der Waals surface area (Å²) in [6.45, 7) is 7.35. The van der Waals surface area contributed by atoms with Gasteiger partial charge in [0.05, 0.1) is 30.2 Å². The minimum Gasteiger partial charge on any atom is -0.351 e. The van der Waals surface area contributed by atoms with Gasteiger partial charge < -0.3 is 26.7 Å². The molecule has 0 radical (unpaired) electrons. The summed E-state index contributed by atoms with van der Waals surface area (Å²) >= 11 is 0. The maximum atomic E-state index is 12.4. The van der Waals surface area contributed by atoms with Gasteiger partial charge in [-0.3, -0.25) is 9.59 Å². The molecule has 2 atom stereocenters. The number of aromatic amines is 1. The number of nitrogens with one attached hydrogen (secondary N) is 4. The highest BCUT2D eigenvalue weighted by Crippen LogP contribution is 2.25. The predicted octanol–water partition coefficient (Wildman–Crippen LogP) is 0.282. The van der Waals surface area contributed by atoms with E-state index in [0.29, 0.717) is 19.5 Å². The molecule has 0 saturated carbocycles. The zero-order valence-electron chi connectivity index (χ0n) is 16.1. The quantitative estimate of drug-likeness (QED) is 0.516. The van der Waals surface area contributed by atoms with Crippen LogP contribution in [0, 0.1) is 0 Å². The average Bonchev–Trinajstić information content (AvgIpc) is 3.24. The summed E-state index contributed by atoms with van der Waals surface area (Å²) in [7, 11) is 0. The van der Waals surface area contributed by atoms with Gasteiger partial charge in [0.15, 0.2) is 0 Å². The van der Waals surface area contributed by atoms with Crippen molar-refractivity contribution in [3.63, 3.8) is 0 Å². The highest BCUT2D eigenvalue weighted by atomic mass is 16.2. The van der Waals surface area contributed by atoms with E-state index in [0.717, 1.165) is 16.9 Å². The second-order valence-electron chi connectivity index (χ2n) is 8.05. The molecule has 6 N–H and O–H groups in total. The van der Waals surface area contributed by atoms with Crippen molar-refractivity contribution in [1.29, 1.82) is 0 Å². The number of carbonyl (C=O) groups is 2. The molecule has 0 bridgehead atoms. The van der Waals surface area contributed by atoms with Gasteiger partial charge >= 0.3 is 0 Å². The Morgan fingerprint density at radius 2 is 2.11 bits per heavy atom. The SMILES string of the molecule is CC(C)(C)c1ccc2nc(CNC(=O)[C@@H]3C[C@@H](NC(=O)CN)CN3)[nH]c2c1. The standard InChI is InChI=1S/C19H28N6O2/c1-19(2,3)11-4-5-13-14(6-11)25-16(24-13)10-22-18(27)15-7-12(9-21-15)23-17(26)8-20/h4-6,12,15,21H,7-10,20H2,1-3H3,(H,22,27)(H,23,26)(H,24,25)/t12-,15+/m1/s1. The van der Waals surface area contributed by atoms with Crippen LogP contribution in [-0.4, -0.2) is 47.0 Å². The van der Waals surface area contributed by atoms with Crippen molar-refractivity contribution >= 4 is 22.8 Å². The Morgan fingerprint density at radius 3 is 2.81 bits per heavy atom. The summed E-state index contributed by atoms with van der Waals surface area (Å²) in [5.41, 5.74) is 8.45. The van der Waals surface area contributed by atoms with Gasteiger partial charge in [0, 0.05) is 12.6 Å². The number of rotatable bonds is 5. The Labute approximate surface area is 158 Å². The molecule has 8 nitrogen and oxygen atoms in total. The minimum atomic E-state index is -0.329. The number of H-pyrrole nitrogens is 1. The molecule has 1 aliphatic rings. The molecular weight excluding hydrogens is 344 g/mol. The van der Waals surface area contributed by atoms with E-state index in [1.54, 1.807) is 0 Å². The van der Waals surface area contributed by atoms with Gasteiger partial charge in [0.2, 0.25) is 11.8 Å². The molecule has 2 amide bonds. The van der Waals surface area contributed by atoms with Gasteiger partial charge in [-0.05, 0) is 29.5 Å². The fraction of sp³-hybridized carbons (Fsp3) is 0.526. The van der Waals surface area contributed by atoms with Crippen LogP contribution < -0.4 is 21.7 Å². The number of hydrogen-bond acceptors (Lipinski definition) is 5. The van der Waals surface area contributed by atoms with Gasteiger partial charge in [0.1, 0.15) is 5.82 Å². The fourth-order valence-electron chi connectivity index (χ4n) is 3.24. The van der Waals surface area contributed by atoms with E-state index in [9.17, 15) is 9.59 Å². The van der Waals surface area contributed by atoms with Crippen LogP contribution in [0.5, 0.6) is 0 Å². The van der Waals surface area contributed by atoms with Crippen molar-refractivity contribution in [2.75, 3.05) is 13.1 Å². The van der Waals surface area contributed by atoms with Crippen LogP contribution in [-0.2, 0) is 21.5 Å². The Hall–Kier alpha value is -2.45. The Morgan fingerprint density at radius 1 is 1.33 bits per heavy atom. The number of hydrogen-bond donors (Lipinski definition) is 5. The van der Waals surface area contributed by atoms with Gasteiger partial charge in [0.25, 0.3) is 0 Å². The third-order valence-electron chi connectivity index (χ3n) is 4.82. The number of aromatic nitrogens is 2. The smallest absolute Gasteiger partial charge is 0.237 e. The molecule has 146 valence electrons. The summed E-state index contributed by atoms with van der Waals surface area (Å²) in [6, 6.07) is 5.80. The number of benzene rings is 1. The highest BCUT2D eigenvalue weighted by molar-refractivity contribution is 5.83. The van der Waals surface area contributed by atoms with Crippen molar-refractivity contribution < 1.29 is 9.59 Å². The number of nitrogens with two attached hydrogens (primary N) is 1. The normalized spacial score (nSPS) is 20.0. The lowest BCUT2D eigenvalue weighted by Gasteiger charge is -2.18. The first kappa shape index (κ1) is 19.3. The number of fused-ring (bicyclic) bond motifs is 1. The van der Waals surface area contributed by atoms with E-state index in [2.05, 4.69) is 58.8 Å². The molecule has 0 spiro atoms. The Balaban J connectivity index is 1.57. The van der Waals surface area contributed by atoms with E-state index in [1.165, 1.54) is 5.56 Å². The second-order valence-corrected chi connectivity index (χ2v) is 8.05. The minimum absolute atomic E-state index is 0.0453. The number of imidazole rings is 1. The number of carbonyl (C=O) groups excluding carboxylic acids is 2. The zero-order chi connectivity index (χ0) is 19.6. The molecule has 2 aromatic rings. The monoisotopic (exact) mass is 372 g/mol. The lowest BCUT2D eigenvalue weighted by Crippen LogP contribution is -2.40. The average molecular weight is 372 g/mol. The molecular formula is C19H28N6O2. The third kappa shape index (κ3) is 4.64. The van der Waals surface area contributed by atoms with E-state index in [4.69, 9.17) is 5.73 Å². The third-order valence-corrected chi connectivity index (χ3v) is 4.82. The zero-order valence-corrected chi connectivity index (χ0v) is 16.1. The van der Waals surface area contributed by atoms with Crippen LogP contribution in [0.15, 0.2) is 18.2 Å². The Kier molecular flexibility index (Phi) is 5.48. The van der Waals surface area contributed by atoms with Crippen molar-refractivity contribution in [2.45, 2.75) is 51.2 Å². The first-order chi connectivity index (χ1) is 12.8. The van der Waals surface area contributed by atoms with Gasteiger partial charge in [-0.25, -0.2) is 4.98 Å². The molecule has 8 heteroatoms. The maximum Gasteiger partial charge on any atom is 0.237 e. The van der Waals surface area contributed by atoms with Crippen LogP contribution in [0.3, 0.4) is 0 Å². The Bertz CT molecular complexity index is 838. The fourth-order valence-corrected chi connectivity index (χ4v) is 3.24. The van der Waals surface area contributed by atoms with Crippen LogP contribution in [0.4, 0.5) is 0 Å². The van der Waals surface area contributed by atoms with Crippen molar-refractivity contribution in [2.24, 2.45) is 5.73 Å². The maximum absolute atomic E-state index is 12.4. The van der Waals surface area contributed by atoms with E-state index >= 15 is 0 Å². The summed E-state index contributed by atoms with van der Waals surface area (Å²) in [4.78, 5) is 31.5. The summed E-state index contributed by atoms with van der Waals surface area (Å²) in [5, 5.41) is 8.82. The summed E-state index contributed by atoms with van der Waals surface area (Å²) in [5.74, 6) is 0.408. The largest absolute Gasteiger partial charge is 0.351 e. The molecule has 1 fully saturated rings. The summed E-state index contributed by atoms with van der Waals surface area (Å²) in [6.07, 6.45) is 0.548. The van der Waals surface area contributed by atoms with Gasteiger partial charge in [-0.2, -0.15) is 0 Å². The molecule has 0 aliphatic carbocycles. The molecule has 2 heterocycles. The lowest BCUT2D eigenvalue weighted by molar-refractivity contribution is -0.123. The van der Waals surface area contributed by atoms with Gasteiger partial charge in [-0.1, -0.05) is 26.8 Å². The molecule has 1 saturated heterocycles. The van der Waals surface area contributed by atoms with Gasteiger partial charge in [-0.15, -0.1) is 0 Å². The van der Waals surface area contributed by atoms with Crippen LogP contribution in [0.25, 0.3) is 11.0 Å². The first-order valence-electron chi connectivity index (χ1n) is 9.26. The van der Waals surface area contributed by atoms with E-state index < -0.39 is 0 Å². The molecule has 3 rings (SSSR count). The first-order valence-corrected chi connectivity index (χ1v) is 9.26. The van der Waals surface area contributed by atoms with Crippen molar-refractivity contribution in [3.05, 3.63) is 29.6 Å². The summed E-state index contributed by atoms with van der Waals surface area (Å²) < 4.78 is 0. The van der Waals surface area contributed by atoms with Crippen molar-refractivity contribution in [1.82, 2.24) is 25.9 Å². The molecule has 1 aromatic heterocycles. The molecule has 1 aromatic carbocycles. The predicted molar refractivity (Wildman–Crippen MR) is 104 cm³/mol. The number of nitrogens with zero attached hydrogens (tertiary/aromatic N) is 1. The molecule has 1 aliphatic heterocycles. The van der Waals surface area contributed by atoms with Crippen LogP contribution >= 0.6 is 0 Å². The van der Waals surface area contributed by atoms with Crippen LogP contribution in [0.2, 0.25) is 0 Å². The highest BCUT2D eigenvalue weighted by Gasteiger charge is 2.30. The van der Waals surface area contributed by atoms with Crippen LogP contribution in [0.1, 0.15) is 38.6 Å². The number of amides is 2. The second kappa shape index (κ2) is 7.66. The molecule has 27 heavy (non-hydrogen) atoms. The van der Waals surface area contributed by atoms with E-state index in [1.807, 2.05) is 6.07 Å². The van der Waals surface area contributed by atoms with Crippen molar-refractivity contribution in [3.8, 4) is 0 Å². The topological polar surface area (TPSA) is 125 Å². The lowest BCUT2D eigenvalue weighted by atomic mass is 9.87.